The van der Waals surface area contributed by atoms with Crippen LogP contribution in [0.4, 0.5) is 4.79 Å². The summed E-state index contributed by atoms with van der Waals surface area (Å²) < 4.78 is 29.0. The van der Waals surface area contributed by atoms with Gasteiger partial charge in [0.2, 0.25) is 0 Å². The van der Waals surface area contributed by atoms with Crippen LogP contribution in [0.15, 0.2) is 43.0 Å². The van der Waals surface area contributed by atoms with Crippen LogP contribution < -0.4 is 5.32 Å². The summed E-state index contributed by atoms with van der Waals surface area (Å²) >= 11 is 0. The van der Waals surface area contributed by atoms with Crippen LogP contribution in [0.1, 0.15) is 32.8 Å². The molecule has 1 aromatic carbocycles. The molecule has 0 bridgehead atoms. The van der Waals surface area contributed by atoms with Gasteiger partial charge in [0, 0.05) is 0 Å². The molecule has 140 valence electrons. The summed E-state index contributed by atoms with van der Waals surface area (Å²) in [6.07, 6.45) is 1.28. The fourth-order valence-electron chi connectivity index (χ4n) is 2.17. The summed E-state index contributed by atoms with van der Waals surface area (Å²) in [5, 5.41) is 2.64. The lowest BCUT2D eigenvalue weighted by Crippen LogP contribution is -2.37. The molecule has 0 aliphatic heterocycles. The lowest BCUT2D eigenvalue weighted by molar-refractivity contribution is 0.133. The average molecular weight is 369 g/mol. The van der Waals surface area contributed by atoms with Crippen molar-refractivity contribution in [3.05, 3.63) is 48.6 Å². The Labute approximate surface area is 150 Å². The Morgan fingerprint density at radius 2 is 1.96 bits per heavy atom. The zero-order valence-electron chi connectivity index (χ0n) is 15.1. The van der Waals surface area contributed by atoms with Crippen LogP contribution >= 0.6 is 7.60 Å². The van der Waals surface area contributed by atoms with E-state index in [-0.39, 0.29) is 25.7 Å². The van der Waals surface area contributed by atoms with E-state index < -0.39 is 19.5 Å². The molecule has 0 fully saturated rings. The van der Waals surface area contributed by atoms with Crippen molar-refractivity contribution in [3.8, 4) is 0 Å². The molecule has 0 spiro atoms. The van der Waals surface area contributed by atoms with E-state index in [0.29, 0.717) is 6.42 Å². The molecule has 1 rings (SSSR count). The number of hydrogen-bond acceptors (Lipinski definition) is 5. The van der Waals surface area contributed by atoms with Gasteiger partial charge in [-0.3, -0.25) is 4.57 Å². The first-order valence-electron chi connectivity index (χ1n) is 8.38. The van der Waals surface area contributed by atoms with E-state index in [4.69, 9.17) is 13.8 Å². The summed E-state index contributed by atoms with van der Waals surface area (Å²) in [5.74, 6) is -0.601. The molecular formula is C18H28NO5P. The normalized spacial score (nSPS) is 14.6. The Hall–Kier alpha value is -1.62. The molecule has 0 aliphatic carbocycles. The Morgan fingerprint density at radius 3 is 2.52 bits per heavy atom. The molecule has 1 N–H and O–H groups in total. The molecule has 0 heterocycles. The first kappa shape index (κ1) is 21.4. The van der Waals surface area contributed by atoms with Crippen molar-refractivity contribution in [2.75, 3.05) is 13.2 Å². The predicted molar refractivity (Wildman–Crippen MR) is 98.4 cm³/mol. The lowest BCUT2D eigenvalue weighted by atomic mass is 10.1. The lowest BCUT2D eigenvalue weighted by Gasteiger charge is -2.28. The molecule has 0 aromatic heterocycles. The van der Waals surface area contributed by atoms with Gasteiger partial charge in [0.25, 0.3) is 0 Å². The topological polar surface area (TPSA) is 73.9 Å². The Morgan fingerprint density at radius 1 is 1.28 bits per heavy atom. The van der Waals surface area contributed by atoms with Crippen LogP contribution in [0.3, 0.4) is 0 Å². The van der Waals surface area contributed by atoms with Gasteiger partial charge in [-0.05, 0) is 24.8 Å². The van der Waals surface area contributed by atoms with Gasteiger partial charge in [0.05, 0.1) is 13.2 Å². The standard InChI is InChI=1S/C18H28NO5P/c1-5-12-24-25(21,23-6-2)17(13-15(3)4)19-18(20)22-14-16-10-8-7-9-11-16/h5,7-11,15,17H,1,6,12-14H2,2-4H3,(H,19,20). The molecule has 0 radical (unpaired) electrons. The molecule has 6 nitrogen and oxygen atoms in total. The van der Waals surface area contributed by atoms with Gasteiger partial charge in [0.15, 0.2) is 0 Å². The maximum absolute atomic E-state index is 13.1. The fourth-order valence-corrected chi connectivity index (χ4v) is 4.22. The number of alkyl carbamates (subject to hydrolysis) is 1. The van der Waals surface area contributed by atoms with Gasteiger partial charge in [-0.25, -0.2) is 4.79 Å². The summed E-state index contributed by atoms with van der Waals surface area (Å²) in [5.41, 5.74) is 0.869. The highest BCUT2D eigenvalue weighted by atomic mass is 31.2. The molecular weight excluding hydrogens is 341 g/mol. The van der Waals surface area contributed by atoms with Crippen LogP contribution in [-0.2, 0) is 25.0 Å². The second kappa shape index (κ2) is 11.1. The highest BCUT2D eigenvalue weighted by molar-refractivity contribution is 7.54. The van der Waals surface area contributed by atoms with E-state index in [1.165, 1.54) is 6.08 Å². The van der Waals surface area contributed by atoms with Gasteiger partial charge in [0.1, 0.15) is 12.4 Å². The molecule has 25 heavy (non-hydrogen) atoms. The third-order valence-corrected chi connectivity index (χ3v) is 5.49. The quantitative estimate of drug-likeness (QED) is 0.451. The third kappa shape index (κ3) is 7.86. The molecule has 0 saturated carbocycles. The summed E-state index contributed by atoms with van der Waals surface area (Å²) in [6, 6.07) is 9.33. The predicted octanol–water partition coefficient (Wildman–Crippen LogP) is 4.72. The van der Waals surface area contributed by atoms with E-state index in [9.17, 15) is 9.36 Å². The van der Waals surface area contributed by atoms with Crippen molar-refractivity contribution in [1.29, 1.82) is 0 Å². The van der Waals surface area contributed by atoms with E-state index >= 15 is 0 Å². The van der Waals surface area contributed by atoms with Crippen LogP contribution in [0.5, 0.6) is 0 Å². The highest BCUT2D eigenvalue weighted by Crippen LogP contribution is 2.53. The molecule has 0 aliphatic rings. The molecule has 7 heteroatoms. The SMILES string of the molecule is C=CCOP(=O)(OCC)C(CC(C)C)NC(=O)OCc1ccccc1. The van der Waals surface area contributed by atoms with Gasteiger partial charge >= 0.3 is 13.7 Å². The third-order valence-electron chi connectivity index (χ3n) is 3.25. The van der Waals surface area contributed by atoms with Crippen LogP contribution in [0.2, 0.25) is 0 Å². The van der Waals surface area contributed by atoms with Gasteiger partial charge < -0.3 is 19.1 Å². The first-order valence-corrected chi connectivity index (χ1v) is 9.99. The van der Waals surface area contributed by atoms with E-state index in [2.05, 4.69) is 11.9 Å². The molecule has 2 unspecified atom stereocenters. The fraction of sp³-hybridized carbons (Fsp3) is 0.500. The Kier molecular flexibility index (Phi) is 9.50. The summed E-state index contributed by atoms with van der Waals surface area (Å²) in [4.78, 5) is 12.1. The number of amides is 1. The minimum Gasteiger partial charge on any atom is -0.445 e. The van der Waals surface area contributed by atoms with Crippen molar-refractivity contribution in [2.45, 2.75) is 39.6 Å². The number of carbonyl (C=O) groups is 1. The number of ether oxygens (including phenoxy) is 1. The van der Waals surface area contributed by atoms with Gasteiger partial charge in [-0.1, -0.05) is 50.3 Å². The van der Waals surface area contributed by atoms with E-state index in [0.717, 1.165) is 5.56 Å². The van der Waals surface area contributed by atoms with Crippen LogP contribution in [0, 0.1) is 5.92 Å². The van der Waals surface area contributed by atoms with Crippen molar-refractivity contribution < 1.29 is 23.1 Å². The monoisotopic (exact) mass is 369 g/mol. The molecule has 2 atom stereocenters. The largest absolute Gasteiger partial charge is 0.445 e. The Bertz CT molecular complexity index is 576. The first-order chi connectivity index (χ1) is 11.9. The molecule has 1 aromatic rings. The number of carbonyl (C=O) groups excluding carboxylic acids is 1. The number of benzene rings is 1. The zero-order chi connectivity index (χ0) is 18.7. The maximum Gasteiger partial charge on any atom is 0.408 e. The van der Waals surface area contributed by atoms with E-state index in [1.54, 1.807) is 6.92 Å². The van der Waals surface area contributed by atoms with Crippen molar-refractivity contribution in [2.24, 2.45) is 5.92 Å². The van der Waals surface area contributed by atoms with E-state index in [1.807, 2.05) is 44.2 Å². The summed E-state index contributed by atoms with van der Waals surface area (Å²) in [7, 11) is -3.53. The van der Waals surface area contributed by atoms with Crippen molar-refractivity contribution >= 4 is 13.7 Å². The smallest absolute Gasteiger partial charge is 0.408 e. The van der Waals surface area contributed by atoms with Gasteiger partial charge in [-0.2, -0.15) is 0 Å². The zero-order valence-corrected chi connectivity index (χ0v) is 16.0. The minimum absolute atomic E-state index is 0.0760. The molecule has 0 saturated heterocycles. The average Bonchev–Trinajstić information content (AvgIpc) is 2.58. The maximum atomic E-state index is 13.1. The minimum atomic E-state index is -3.53. The molecule has 1 amide bonds. The highest BCUT2D eigenvalue weighted by Gasteiger charge is 2.37. The Balaban J connectivity index is 2.76. The van der Waals surface area contributed by atoms with Crippen LogP contribution in [-0.4, -0.2) is 25.1 Å². The van der Waals surface area contributed by atoms with Crippen LogP contribution in [0.25, 0.3) is 0 Å². The van der Waals surface area contributed by atoms with Crippen molar-refractivity contribution in [1.82, 2.24) is 5.32 Å². The summed E-state index contributed by atoms with van der Waals surface area (Å²) in [6.45, 7) is 9.63. The van der Waals surface area contributed by atoms with Crippen molar-refractivity contribution in [3.63, 3.8) is 0 Å². The second-order valence-electron chi connectivity index (χ2n) is 5.89. The second-order valence-corrected chi connectivity index (χ2v) is 8.11. The number of hydrogen-bond donors (Lipinski definition) is 1. The number of rotatable bonds is 11. The number of nitrogens with one attached hydrogen (secondary N) is 1. The van der Waals surface area contributed by atoms with Gasteiger partial charge in [-0.15, -0.1) is 6.58 Å².